The van der Waals surface area contributed by atoms with Gasteiger partial charge in [-0.3, -0.25) is 0 Å². The van der Waals surface area contributed by atoms with Crippen LogP contribution < -0.4 is 0 Å². The zero-order chi connectivity index (χ0) is 84.4. The van der Waals surface area contributed by atoms with Gasteiger partial charge in [0.25, 0.3) is 0 Å². The molecular weight excluding hydrogens is 1530 g/mol. The maximum Gasteiger partial charge on any atom is 2.00 e. The first-order chi connectivity index (χ1) is 56.6. The molecule has 0 fully saturated rings. The molecule has 0 aliphatic rings. The van der Waals surface area contributed by atoms with Crippen molar-refractivity contribution in [2.24, 2.45) is 0 Å². The Kier molecular flexibility index (Phi) is 81.9. The second-order valence-corrected chi connectivity index (χ2v) is 35.6. The summed E-state index contributed by atoms with van der Waals surface area (Å²) in [7, 11) is -9.64. The van der Waals surface area contributed by atoms with Crippen LogP contribution in [0.4, 0.5) is 0 Å². The van der Waals surface area contributed by atoms with Gasteiger partial charge in [0.1, 0.15) is 20.2 Å². The first-order valence-electron chi connectivity index (χ1n) is 48.1. The van der Waals surface area contributed by atoms with Gasteiger partial charge in [0.05, 0.1) is 58.5 Å². The van der Waals surface area contributed by atoms with E-state index in [0.29, 0.717) is 25.7 Å². The van der Waals surface area contributed by atoms with Gasteiger partial charge < -0.3 is 28.1 Å². The van der Waals surface area contributed by atoms with Gasteiger partial charge in [-0.25, -0.2) is 36.0 Å². The maximum absolute atomic E-state index is 13.0. The quantitative estimate of drug-likeness (QED) is 0.0150. The molecule has 14 nitrogen and oxygen atoms in total. The van der Waals surface area contributed by atoms with Crippen LogP contribution >= 0.6 is 0 Å². The summed E-state index contributed by atoms with van der Waals surface area (Å²) in [6.45, 7) is 9.77. The summed E-state index contributed by atoms with van der Waals surface area (Å²) in [6.07, 6.45) is 101. The molecule has 17 heteroatoms. The van der Waals surface area contributed by atoms with E-state index in [2.05, 4.69) is 76.3 Å². The third-order valence-electron chi connectivity index (χ3n) is 22.0. The Morgan fingerprint density at radius 2 is 0.376 bits per heavy atom. The van der Waals surface area contributed by atoms with Crippen molar-refractivity contribution in [2.75, 3.05) is 26.4 Å². The Morgan fingerprint density at radius 1 is 0.231 bits per heavy atom. The van der Waals surface area contributed by atoms with Crippen LogP contribution in [-0.4, -0.2) is 114 Å². The zero-order valence-corrected chi connectivity index (χ0v) is 79.1. The molecule has 0 saturated carbocycles. The molecule has 0 unspecified atom stereocenters. The SMILES string of the molecule is CCCCCCCC/C=C/CCCCCCCCCCCOC(=O)c1ccc(S(=O)(=O)[O-])cc1C(=O)OCCCCCCCCCCC/C=C/CCCCCCCC.CCCCCCCC/C=C/CCCCCCCCCCCOC(=O)c1ccc(S(=O)(=O)[O-])cc1C(=O)OCCCCCCCCCCC/C=C/CCCCCCCC.[Ca+2]. The Hall–Kier alpha value is -3.64. The van der Waals surface area contributed by atoms with Crippen LogP contribution in [0.1, 0.15) is 506 Å². The Bertz CT molecular complexity index is 2810. The Morgan fingerprint density at radius 3 is 0.538 bits per heavy atom. The van der Waals surface area contributed by atoms with E-state index >= 15 is 0 Å². The standard InChI is InChI=1S/2C50H86O7S.Ca/c2*1-3-5-7-9-11-13-15-17-19-21-23-25-27-29-31-33-35-37-39-43-56-49(51)47-42-41-46(58(53,54)55)45-48(47)50(52)57-44-40-38-36-34-32-30-28-26-24-22-20-18-16-14-12-10-8-6-4-2;/h2*17-20,41-42,45H,3-16,21-40,43-44H2,1-2H3,(H,53,54,55);/q;;+2/p-2/b2*19-17+,20-18+;. The van der Waals surface area contributed by atoms with Crippen LogP contribution in [0, 0.1) is 0 Å². The van der Waals surface area contributed by atoms with E-state index < -0.39 is 53.9 Å². The van der Waals surface area contributed by atoms with Gasteiger partial charge in [0.15, 0.2) is 0 Å². The summed E-state index contributed by atoms with van der Waals surface area (Å²) >= 11 is 0. The molecule has 0 atom stereocenters. The molecule has 2 aromatic rings. The molecule has 0 aromatic heterocycles. The smallest absolute Gasteiger partial charge is 0.744 e. The van der Waals surface area contributed by atoms with Crippen LogP contribution in [0.25, 0.3) is 0 Å². The third-order valence-corrected chi connectivity index (χ3v) is 23.7. The average Bonchev–Trinajstić information content (AvgIpc) is 0.814. The Labute approximate surface area is 747 Å². The summed E-state index contributed by atoms with van der Waals surface area (Å²) in [5, 5.41) is 0. The minimum atomic E-state index is -4.82. The number of benzene rings is 2. The molecule has 0 aliphatic carbocycles. The van der Waals surface area contributed by atoms with Crippen molar-refractivity contribution in [1.82, 2.24) is 0 Å². The van der Waals surface area contributed by atoms with Crippen molar-refractivity contribution >= 4 is 81.9 Å². The van der Waals surface area contributed by atoms with E-state index in [-0.39, 0.29) is 86.4 Å². The molecule has 0 radical (unpaired) electrons. The summed E-state index contributed by atoms with van der Waals surface area (Å²) in [5.41, 5.74) is -0.677. The van der Waals surface area contributed by atoms with Crippen LogP contribution in [0.2, 0.25) is 0 Å². The number of esters is 4. The van der Waals surface area contributed by atoms with Crippen LogP contribution in [0.15, 0.2) is 94.8 Å². The van der Waals surface area contributed by atoms with E-state index in [1.807, 2.05) is 0 Å². The van der Waals surface area contributed by atoms with E-state index in [4.69, 9.17) is 18.9 Å². The van der Waals surface area contributed by atoms with Gasteiger partial charge >= 0.3 is 61.6 Å². The van der Waals surface area contributed by atoms with Crippen LogP contribution in [0.3, 0.4) is 0 Å². The van der Waals surface area contributed by atoms with Gasteiger partial charge in [-0.05, 0) is 165 Å². The van der Waals surface area contributed by atoms with E-state index in [0.717, 1.165) is 101 Å². The molecule has 2 rings (SSSR count). The summed E-state index contributed by atoms with van der Waals surface area (Å²) in [6, 6.07) is 6.29. The second-order valence-electron chi connectivity index (χ2n) is 32.9. The molecule has 2 aromatic carbocycles. The first kappa shape index (κ1) is 113. The number of carbonyl (C=O) groups excluding carboxylic acids is 4. The topological polar surface area (TPSA) is 220 Å². The fourth-order valence-electron chi connectivity index (χ4n) is 14.5. The molecule has 0 spiro atoms. The number of carbonyl (C=O) groups is 4. The average molecular weight is 1700 g/mol. The predicted molar refractivity (Wildman–Crippen MR) is 489 cm³/mol. The number of ether oxygens (including phenoxy) is 4. The van der Waals surface area contributed by atoms with Gasteiger partial charge in [-0.15, -0.1) is 0 Å². The van der Waals surface area contributed by atoms with E-state index in [1.54, 1.807) is 0 Å². The summed E-state index contributed by atoms with van der Waals surface area (Å²) in [4.78, 5) is 50.6. The molecular formula is C100H170CaO14S2. The van der Waals surface area contributed by atoms with Gasteiger partial charge in [-0.1, -0.05) is 385 Å². The number of allylic oxidation sites excluding steroid dienone is 8. The minimum Gasteiger partial charge on any atom is -0.744 e. The van der Waals surface area contributed by atoms with Crippen LogP contribution in [0.5, 0.6) is 0 Å². The number of rotatable bonds is 82. The molecule has 0 bridgehead atoms. The largest absolute Gasteiger partial charge is 2.00 e. The fraction of sp³-hybridized carbons (Fsp3) is 0.760. The maximum atomic E-state index is 13.0. The molecule has 0 saturated heterocycles. The normalized spacial score (nSPS) is 11.8. The van der Waals surface area contributed by atoms with Crippen molar-refractivity contribution in [1.29, 1.82) is 0 Å². The number of hydrogen-bond acceptors (Lipinski definition) is 14. The monoisotopic (exact) mass is 1700 g/mol. The van der Waals surface area contributed by atoms with Crippen molar-refractivity contribution in [3.63, 3.8) is 0 Å². The van der Waals surface area contributed by atoms with Gasteiger partial charge in [-0.2, -0.15) is 0 Å². The molecule has 0 aliphatic heterocycles. The second kappa shape index (κ2) is 84.6. The van der Waals surface area contributed by atoms with Gasteiger partial charge in [0.2, 0.25) is 0 Å². The Balaban J connectivity index is 0.00000228. The first-order valence-corrected chi connectivity index (χ1v) is 50.9. The molecule has 0 amide bonds. The predicted octanol–water partition coefficient (Wildman–Crippen LogP) is 30.3. The van der Waals surface area contributed by atoms with E-state index in [1.165, 1.54) is 346 Å². The third kappa shape index (κ3) is 71.5. The van der Waals surface area contributed by atoms with Crippen molar-refractivity contribution < 1.29 is 64.1 Å². The summed E-state index contributed by atoms with van der Waals surface area (Å²) in [5.74, 6) is -3.10. The fourth-order valence-corrected chi connectivity index (χ4v) is 15.5. The van der Waals surface area contributed by atoms with Crippen molar-refractivity contribution in [3.05, 3.63) is 107 Å². The summed E-state index contributed by atoms with van der Waals surface area (Å²) < 4.78 is 91.8. The molecule has 0 heterocycles. The van der Waals surface area contributed by atoms with Crippen LogP contribution in [-0.2, 0) is 39.2 Å². The van der Waals surface area contributed by atoms with Crippen molar-refractivity contribution in [3.8, 4) is 0 Å². The van der Waals surface area contributed by atoms with Crippen molar-refractivity contribution in [2.45, 2.75) is 474 Å². The molecule has 117 heavy (non-hydrogen) atoms. The van der Waals surface area contributed by atoms with E-state index in [9.17, 15) is 45.1 Å². The number of hydrogen-bond donors (Lipinski definition) is 0. The molecule has 668 valence electrons. The molecule has 0 N–H and O–H groups in total. The zero-order valence-electron chi connectivity index (χ0n) is 75.2. The minimum absolute atomic E-state index is 0. The number of unbranched alkanes of at least 4 members (excludes halogenated alkanes) is 60. The van der Waals surface area contributed by atoms with Gasteiger partial charge in [0, 0.05) is 0 Å².